The van der Waals surface area contributed by atoms with Crippen molar-refractivity contribution < 1.29 is 14.3 Å². The highest BCUT2D eigenvalue weighted by Gasteiger charge is 2.27. The molecule has 0 aliphatic carbocycles. The second-order valence-electron chi connectivity index (χ2n) is 7.59. The van der Waals surface area contributed by atoms with Crippen LogP contribution in [-0.2, 0) is 11.8 Å². The predicted octanol–water partition coefficient (Wildman–Crippen LogP) is 1.96. The van der Waals surface area contributed by atoms with Gasteiger partial charge < -0.3 is 19.9 Å². The zero-order valence-electron chi connectivity index (χ0n) is 16.5. The van der Waals surface area contributed by atoms with Crippen molar-refractivity contribution in [2.45, 2.75) is 26.4 Å². The van der Waals surface area contributed by atoms with Gasteiger partial charge in [0.05, 0.1) is 0 Å². The molecule has 0 bridgehead atoms. The van der Waals surface area contributed by atoms with E-state index in [4.69, 9.17) is 4.74 Å². The van der Waals surface area contributed by atoms with Crippen LogP contribution >= 0.6 is 0 Å². The van der Waals surface area contributed by atoms with Gasteiger partial charge in [-0.1, -0.05) is 12.1 Å². The molecule has 3 amide bonds. The number of anilines is 1. The van der Waals surface area contributed by atoms with Gasteiger partial charge >= 0.3 is 12.1 Å². The van der Waals surface area contributed by atoms with Crippen LogP contribution in [0.5, 0.6) is 0 Å². The summed E-state index contributed by atoms with van der Waals surface area (Å²) < 4.78 is 6.94. The fraction of sp³-hybridized carbons (Fsp3) is 0.500. The molecule has 0 spiro atoms. The molecule has 1 fully saturated rings. The van der Waals surface area contributed by atoms with Gasteiger partial charge in [-0.05, 0) is 43.3 Å². The van der Waals surface area contributed by atoms with Crippen LogP contribution in [0.2, 0.25) is 0 Å². The maximum absolute atomic E-state index is 12.6. The van der Waals surface area contributed by atoms with Crippen molar-refractivity contribution in [3.8, 4) is 11.4 Å². The minimum atomic E-state index is -0.533. The second-order valence-corrected chi connectivity index (χ2v) is 7.59. The van der Waals surface area contributed by atoms with Crippen LogP contribution in [-0.4, -0.2) is 73.9 Å². The van der Waals surface area contributed by atoms with Crippen LogP contribution in [0.3, 0.4) is 0 Å². The van der Waals surface area contributed by atoms with Gasteiger partial charge in [0.25, 0.3) is 0 Å². The Labute approximate surface area is 163 Å². The summed E-state index contributed by atoms with van der Waals surface area (Å²) in [6.45, 7) is 7.26. The Morgan fingerprint density at radius 2 is 1.79 bits per heavy atom. The smallest absolute Gasteiger partial charge is 0.410 e. The van der Waals surface area contributed by atoms with Gasteiger partial charge in [0.2, 0.25) is 0 Å². The van der Waals surface area contributed by atoms with Crippen molar-refractivity contribution >= 4 is 17.8 Å². The molecule has 10 heteroatoms. The summed E-state index contributed by atoms with van der Waals surface area (Å²) in [5.74, 6) is 0.613. The van der Waals surface area contributed by atoms with E-state index in [1.54, 1.807) is 21.5 Å². The summed E-state index contributed by atoms with van der Waals surface area (Å²) in [4.78, 5) is 28.0. The summed E-state index contributed by atoms with van der Waals surface area (Å²) >= 11 is 0. The lowest BCUT2D eigenvalue weighted by Crippen LogP contribution is -2.52. The fourth-order valence-corrected chi connectivity index (χ4v) is 2.83. The lowest BCUT2D eigenvalue weighted by atomic mass is 10.2. The lowest BCUT2D eigenvalue weighted by Gasteiger charge is -2.35. The van der Waals surface area contributed by atoms with Gasteiger partial charge in [-0.25, -0.2) is 14.3 Å². The molecule has 0 atom stereocenters. The Hall–Kier alpha value is -3.17. The summed E-state index contributed by atoms with van der Waals surface area (Å²) in [6, 6.07) is 7.13. The summed E-state index contributed by atoms with van der Waals surface area (Å²) in [5.41, 5.74) is 0.926. The molecule has 0 saturated carbocycles. The number of carbonyl (C=O) groups is 2. The molecule has 3 rings (SSSR count). The van der Waals surface area contributed by atoms with E-state index >= 15 is 0 Å². The highest BCUT2D eigenvalue weighted by atomic mass is 16.6. The number of aryl methyl sites for hydroxylation is 1. The molecule has 2 aromatic rings. The molecule has 2 heterocycles. The number of rotatable bonds is 2. The minimum absolute atomic E-state index is 0.211. The Kier molecular flexibility index (Phi) is 5.48. The summed E-state index contributed by atoms with van der Waals surface area (Å²) in [5, 5.41) is 14.3. The van der Waals surface area contributed by atoms with Crippen molar-refractivity contribution in [2.24, 2.45) is 7.05 Å². The molecule has 1 aromatic carbocycles. The number of hydrogen-bond donors (Lipinski definition) is 1. The number of hydrogen-bond acceptors (Lipinski definition) is 6. The minimum Gasteiger partial charge on any atom is -0.444 e. The van der Waals surface area contributed by atoms with E-state index in [1.165, 1.54) is 0 Å². The number of carbonyl (C=O) groups excluding carboxylic acids is 2. The summed E-state index contributed by atoms with van der Waals surface area (Å²) in [7, 11) is 1.75. The number of ether oxygens (including phenoxy) is 1. The first kappa shape index (κ1) is 19.6. The summed E-state index contributed by atoms with van der Waals surface area (Å²) in [6.07, 6.45) is -0.349. The Balaban J connectivity index is 1.57. The predicted molar refractivity (Wildman–Crippen MR) is 103 cm³/mol. The van der Waals surface area contributed by atoms with Crippen LogP contribution in [0, 0.1) is 0 Å². The van der Waals surface area contributed by atoms with E-state index in [1.807, 2.05) is 45.0 Å². The molecule has 150 valence electrons. The normalized spacial score (nSPS) is 14.7. The van der Waals surface area contributed by atoms with Crippen molar-refractivity contribution in [1.29, 1.82) is 0 Å². The largest absolute Gasteiger partial charge is 0.444 e. The standard InChI is InChI=1S/C18H25N7O3/c1-18(2,3)28-17(27)25-10-8-24(9-11-25)16(26)19-14-7-5-6-13(12-14)15-20-21-22-23(15)4/h5-7,12H,8-11H2,1-4H3,(H,19,26). The first-order chi connectivity index (χ1) is 13.2. The molecule has 1 aliphatic rings. The first-order valence-corrected chi connectivity index (χ1v) is 9.09. The number of piperazine rings is 1. The lowest BCUT2D eigenvalue weighted by molar-refractivity contribution is 0.0174. The Bertz CT molecular complexity index is 851. The molecule has 1 saturated heterocycles. The van der Waals surface area contributed by atoms with E-state index < -0.39 is 5.60 Å². The number of amides is 3. The molecule has 0 radical (unpaired) electrons. The molecular weight excluding hydrogens is 362 g/mol. The maximum atomic E-state index is 12.6. The van der Waals surface area contributed by atoms with Crippen LogP contribution in [0.1, 0.15) is 20.8 Å². The van der Waals surface area contributed by atoms with Crippen molar-refractivity contribution in [1.82, 2.24) is 30.0 Å². The van der Waals surface area contributed by atoms with Gasteiger partial charge in [0.15, 0.2) is 5.82 Å². The van der Waals surface area contributed by atoms with Crippen molar-refractivity contribution in [2.75, 3.05) is 31.5 Å². The monoisotopic (exact) mass is 387 g/mol. The van der Waals surface area contributed by atoms with Gasteiger partial charge in [-0.3, -0.25) is 0 Å². The fourth-order valence-electron chi connectivity index (χ4n) is 2.83. The molecule has 28 heavy (non-hydrogen) atoms. The van der Waals surface area contributed by atoms with Gasteiger partial charge in [-0.15, -0.1) is 5.10 Å². The number of aromatic nitrogens is 4. The Morgan fingerprint density at radius 3 is 2.39 bits per heavy atom. The SMILES string of the molecule is Cn1nnnc1-c1cccc(NC(=O)N2CCN(C(=O)OC(C)(C)C)CC2)c1. The topological polar surface area (TPSA) is 105 Å². The average molecular weight is 387 g/mol. The average Bonchev–Trinajstić information content (AvgIpc) is 3.06. The van der Waals surface area contributed by atoms with E-state index in [0.717, 1.165) is 5.56 Å². The Morgan fingerprint density at radius 1 is 1.11 bits per heavy atom. The molecular formula is C18H25N7O3. The zero-order chi connectivity index (χ0) is 20.3. The third kappa shape index (κ3) is 4.76. The van der Waals surface area contributed by atoms with Gasteiger partial charge in [0.1, 0.15) is 5.60 Å². The van der Waals surface area contributed by atoms with Crippen molar-refractivity contribution in [3.05, 3.63) is 24.3 Å². The third-order valence-corrected chi connectivity index (χ3v) is 4.21. The van der Waals surface area contributed by atoms with Gasteiger partial charge in [-0.2, -0.15) is 0 Å². The number of tetrazole rings is 1. The van der Waals surface area contributed by atoms with Crippen LogP contribution in [0.25, 0.3) is 11.4 Å². The highest BCUT2D eigenvalue weighted by Crippen LogP contribution is 2.20. The zero-order valence-corrected chi connectivity index (χ0v) is 16.5. The van der Waals surface area contributed by atoms with Crippen LogP contribution in [0.4, 0.5) is 15.3 Å². The number of nitrogens with one attached hydrogen (secondary N) is 1. The van der Waals surface area contributed by atoms with E-state index in [0.29, 0.717) is 37.7 Å². The molecule has 0 unspecified atom stereocenters. The van der Waals surface area contributed by atoms with Gasteiger partial charge in [0, 0.05) is 44.5 Å². The molecule has 10 nitrogen and oxygen atoms in total. The quantitative estimate of drug-likeness (QED) is 0.844. The van der Waals surface area contributed by atoms with Crippen molar-refractivity contribution in [3.63, 3.8) is 0 Å². The third-order valence-electron chi connectivity index (χ3n) is 4.21. The van der Waals surface area contributed by atoms with Crippen LogP contribution in [0.15, 0.2) is 24.3 Å². The van der Waals surface area contributed by atoms with E-state index in [9.17, 15) is 9.59 Å². The molecule has 1 N–H and O–H groups in total. The number of benzene rings is 1. The molecule has 1 aromatic heterocycles. The van der Waals surface area contributed by atoms with E-state index in [2.05, 4.69) is 20.8 Å². The van der Waals surface area contributed by atoms with Crippen LogP contribution < -0.4 is 5.32 Å². The first-order valence-electron chi connectivity index (χ1n) is 9.09. The second kappa shape index (κ2) is 7.83. The maximum Gasteiger partial charge on any atom is 0.410 e. The highest BCUT2D eigenvalue weighted by molar-refractivity contribution is 5.90. The number of urea groups is 1. The van der Waals surface area contributed by atoms with E-state index in [-0.39, 0.29) is 12.1 Å². The molecule has 1 aliphatic heterocycles. The number of nitrogens with zero attached hydrogens (tertiary/aromatic N) is 6.